The number of carbonyl (C=O) groups excluding carboxylic acids is 2. The summed E-state index contributed by atoms with van der Waals surface area (Å²) < 4.78 is 18.0. The molecule has 0 unspecified atom stereocenters. The molecule has 1 aromatic rings. The Balaban J connectivity index is 3.16. The Hall–Kier alpha value is -1.71. The van der Waals surface area contributed by atoms with Crippen LogP contribution in [0.5, 0.6) is 0 Å². The van der Waals surface area contributed by atoms with Crippen LogP contribution in [-0.4, -0.2) is 18.9 Å². The van der Waals surface area contributed by atoms with E-state index >= 15 is 0 Å². The second kappa shape index (κ2) is 4.68. The molecule has 0 aliphatic rings. The quantitative estimate of drug-likeness (QED) is 0.567. The van der Waals surface area contributed by atoms with Crippen LogP contribution in [0, 0.1) is 12.7 Å². The molecule has 0 amide bonds. The summed E-state index contributed by atoms with van der Waals surface area (Å²) in [6, 6.07) is 2.55. The van der Waals surface area contributed by atoms with Crippen molar-refractivity contribution in [2.24, 2.45) is 0 Å². The van der Waals surface area contributed by atoms with Gasteiger partial charge in [-0.1, -0.05) is 0 Å². The number of halogens is 1. The van der Waals surface area contributed by atoms with E-state index in [4.69, 9.17) is 4.74 Å². The number of hydrogen-bond donors (Lipinski definition) is 0. The van der Waals surface area contributed by atoms with Crippen LogP contribution >= 0.6 is 0 Å². The molecule has 0 atom stereocenters. The fraction of sp³-hybridized carbons (Fsp3) is 0.273. The first kappa shape index (κ1) is 11.4. The Labute approximate surface area is 86.9 Å². The summed E-state index contributed by atoms with van der Waals surface area (Å²) in [6.07, 6.45) is 0.380. The molecule has 0 fully saturated rings. The molecule has 0 bridgehead atoms. The van der Waals surface area contributed by atoms with E-state index in [1.54, 1.807) is 6.92 Å². The second-order valence-corrected chi connectivity index (χ2v) is 3.03. The monoisotopic (exact) mass is 210 g/mol. The van der Waals surface area contributed by atoms with E-state index in [1.807, 2.05) is 0 Å². The lowest BCUT2D eigenvalue weighted by atomic mass is 10.1. The molecule has 0 aromatic heterocycles. The van der Waals surface area contributed by atoms with Crippen molar-refractivity contribution in [1.82, 2.24) is 0 Å². The van der Waals surface area contributed by atoms with Gasteiger partial charge in [-0.15, -0.1) is 0 Å². The summed E-state index contributed by atoms with van der Waals surface area (Å²) in [7, 11) is 0. The third kappa shape index (κ3) is 2.40. The molecule has 0 aliphatic heterocycles. The number of ether oxygens (including phenoxy) is 1. The van der Waals surface area contributed by atoms with Gasteiger partial charge in [-0.25, -0.2) is 9.18 Å². The van der Waals surface area contributed by atoms with Crippen LogP contribution in [-0.2, 0) is 4.74 Å². The summed E-state index contributed by atoms with van der Waals surface area (Å²) in [4.78, 5) is 21.8. The van der Waals surface area contributed by atoms with Gasteiger partial charge in [0.05, 0.1) is 17.7 Å². The zero-order valence-electron chi connectivity index (χ0n) is 8.54. The molecule has 1 aromatic carbocycles. The average molecular weight is 210 g/mol. The van der Waals surface area contributed by atoms with E-state index in [9.17, 15) is 14.0 Å². The molecule has 4 heteroatoms. The molecular weight excluding hydrogens is 199 g/mol. The molecule has 0 saturated heterocycles. The number of rotatable bonds is 3. The maximum absolute atomic E-state index is 13.2. The SMILES string of the molecule is CCOC(=O)c1cc(C)c(F)c(C=O)c1. The number of carbonyl (C=O) groups is 2. The van der Waals surface area contributed by atoms with Crippen molar-refractivity contribution in [1.29, 1.82) is 0 Å². The molecular formula is C11H11FO3. The number of benzene rings is 1. The van der Waals surface area contributed by atoms with Crippen LogP contribution in [0.15, 0.2) is 12.1 Å². The van der Waals surface area contributed by atoms with E-state index < -0.39 is 11.8 Å². The minimum atomic E-state index is -0.599. The van der Waals surface area contributed by atoms with Gasteiger partial charge in [0, 0.05) is 0 Å². The van der Waals surface area contributed by atoms with Crippen LogP contribution in [0.3, 0.4) is 0 Å². The molecule has 0 saturated carbocycles. The van der Waals surface area contributed by atoms with Gasteiger partial charge in [-0.3, -0.25) is 4.79 Å². The van der Waals surface area contributed by atoms with Crippen LogP contribution in [0.25, 0.3) is 0 Å². The van der Waals surface area contributed by atoms with Crippen molar-refractivity contribution < 1.29 is 18.7 Å². The van der Waals surface area contributed by atoms with Crippen molar-refractivity contribution >= 4 is 12.3 Å². The van der Waals surface area contributed by atoms with Crippen molar-refractivity contribution in [3.8, 4) is 0 Å². The minimum Gasteiger partial charge on any atom is -0.462 e. The largest absolute Gasteiger partial charge is 0.462 e. The Kier molecular flexibility index (Phi) is 3.55. The first-order valence-electron chi connectivity index (χ1n) is 4.52. The minimum absolute atomic E-state index is 0.127. The highest BCUT2D eigenvalue weighted by Crippen LogP contribution is 2.14. The lowest BCUT2D eigenvalue weighted by molar-refractivity contribution is 0.0526. The Morgan fingerprint density at radius 2 is 2.20 bits per heavy atom. The van der Waals surface area contributed by atoms with Crippen molar-refractivity contribution in [2.45, 2.75) is 13.8 Å². The predicted molar refractivity (Wildman–Crippen MR) is 52.5 cm³/mol. The summed E-state index contributed by atoms with van der Waals surface area (Å²) in [5.41, 5.74) is 0.318. The van der Waals surface area contributed by atoms with Crippen LogP contribution in [0.1, 0.15) is 33.2 Å². The van der Waals surface area contributed by atoms with Crippen LogP contribution < -0.4 is 0 Å². The summed E-state index contributed by atoms with van der Waals surface area (Å²) >= 11 is 0. The van der Waals surface area contributed by atoms with E-state index in [0.29, 0.717) is 6.29 Å². The van der Waals surface area contributed by atoms with E-state index in [0.717, 1.165) is 0 Å². The van der Waals surface area contributed by atoms with Crippen molar-refractivity contribution in [3.05, 3.63) is 34.6 Å². The summed E-state index contributed by atoms with van der Waals surface area (Å²) in [5.74, 6) is -1.15. The zero-order chi connectivity index (χ0) is 11.4. The fourth-order valence-corrected chi connectivity index (χ4v) is 1.21. The zero-order valence-corrected chi connectivity index (χ0v) is 8.54. The number of aryl methyl sites for hydroxylation is 1. The third-order valence-corrected chi connectivity index (χ3v) is 1.92. The van der Waals surface area contributed by atoms with Crippen LogP contribution in [0.4, 0.5) is 4.39 Å². The molecule has 15 heavy (non-hydrogen) atoms. The van der Waals surface area contributed by atoms with E-state index in [1.165, 1.54) is 19.1 Å². The van der Waals surface area contributed by atoms with Gasteiger partial charge in [0.1, 0.15) is 5.82 Å². The Morgan fingerprint density at radius 1 is 1.53 bits per heavy atom. The Bertz CT molecular complexity index is 399. The van der Waals surface area contributed by atoms with Crippen molar-refractivity contribution in [2.75, 3.05) is 6.61 Å². The highest BCUT2D eigenvalue weighted by Gasteiger charge is 2.12. The van der Waals surface area contributed by atoms with Gasteiger partial charge in [-0.05, 0) is 31.5 Å². The highest BCUT2D eigenvalue weighted by atomic mass is 19.1. The first-order chi connectivity index (χ1) is 7.10. The first-order valence-corrected chi connectivity index (χ1v) is 4.52. The molecule has 80 valence electrons. The highest BCUT2D eigenvalue weighted by molar-refractivity contribution is 5.92. The normalized spacial score (nSPS) is 9.80. The van der Waals surface area contributed by atoms with Gasteiger partial charge in [0.15, 0.2) is 6.29 Å². The molecule has 1 rings (SSSR count). The standard InChI is InChI=1S/C11H11FO3/c1-3-15-11(14)8-4-7(2)10(12)9(5-8)6-13/h4-6H,3H2,1-2H3. The molecule has 0 heterocycles. The van der Waals surface area contributed by atoms with Gasteiger partial charge in [-0.2, -0.15) is 0 Å². The third-order valence-electron chi connectivity index (χ3n) is 1.92. The number of hydrogen-bond acceptors (Lipinski definition) is 3. The second-order valence-electron chi connectivity index (χ2n) is 3.03. The maximum Gasteiger partial charge on any atom is 0.338 e. The summed E-state index contributed by atoms with van der Waals surface area (Å²) in [6.45, 7) is 3.41. The topological polar surface area (TPSA) is 43.4 Å². The van der Waals surface area contributed by atoms with E-state index in [-0.39, 0.29) is 23.3 Å². The smallest absolute Gasteiger partial charge is 0.338 e. The molecule has 0 radical (unpaired) electrons. The molecule has 0 spiro atoms. The average Bonchev–Trinajstić information content (AvgIpc) is 2.22. The van der Waals surface area contributed by atoms with Gasteiger partial charge < -0.3 is 4.74 Å². The predicted octanol–water partition coefficient (Wildman–Crippen LogP) is 2.12. The molecule has 3 nitrogen and oxygen atoms in total. The van der Waals surface area contributed by atoms with Gasteiger partial charge in [0.25, 0.3) is 0 Å². The summed E-state index contributed by atoms with van der Waals surface area (Å²) in [5, 5.41) is 0. The number of esters is 1. The van der Waals surface area contributed by atoms with Gasteiger partial charge >= 0.3 is 5.97 Å². The lowest BCUT2D eigenvalue weighted by Gasteiger charge is -2.05. The van der Waals surface area contributed by atoms with Gasteiger partial charge in [0.2, 0.25) is 0 Å². The number of aldehydes is 1. The van der Waals surface area contributed by atoms with E-state index in [2.05, 4.69) is 0 Å². The van der Waals surface area contributed by atoms with Crippen molar-refractivity contribution in [3.63, 3.8) is 0 Å². The van der Waals surface area contributed by atoms with Crippen LogP contribution in [0.2, 0.25) is 0 Å². The molecule has 0 aliphatic carbocycles. The molecule has 0 N–H and O–H groups in total. The lowest BCUT2D eigenvalue weighted by Crippen LogP contribution is -2.07. The fourth-order valence-electron chi connectivity index (χ4n) is 1.21. The maximum atomic E-state index is 13.2. The Morgan fingerprint density at radius 3 is 2.73 bits per heavy atom.